The van der Waals surface area contributed by atoms with Crippen molar-refractivity contribution >= 4 is 38.3 Å². The number of rotatable bonds is 3. The van der Waals surface area contributed by atoms with Gasteiger partial charge in [0.2, 0.25) is 0 Å². The predicted molar refractivity (Wildman–Crippen MR) is 90.3 cm³/mol. The molecule has 0 nitrogen and oxygen atoms in total. The third-order valence-electron chi connectivity index (χ3n) is 3.60. The number of alkyl halides is 1. The molecule has 0 saturated heterocycles. The summed E-state index contributed by atoms with van der Waals surface area (Å²) in [4.78, 5) is 0. The second-order valence-corrected chi connectivity index (χ2v) is 6.27. The maximum Gasteiger partial charge on any atom is 0.137 e. The van der Waals surface area contributed by atoms with Crippen LogP contribution in [0.15, 0.2) is 65.1 Å². The molecule has 0 heterocycles. The van der Waals surface area contributed by atoms with Crippen molar-refractivity contribution in [3.05, 3.63) is 82.1 Å². The number of hydrogen-bond donors (Lipinski definition) is 0. The van der Waals surface area contributed by atoms with Gasteiger partial charge in [0.1, 0.15) is 5.82 Å². The van der Waals surface area contributed by atoms with Gasteiger partial charge in [0.15, 0.2) is 0 Å². The summed E-state index contributed by atoms with van der Waals surface area (Å²) in [6.07, 6.45) is 0.658. The average molecular weight is 364 g/mol. The van der Waals surface area contributed by atoms with E-state index in [2.05, 4.69) is 40.2 Å². The van der Waals surface area contributed by atoms with E-state index < -0.39 is 0 Å². The highest BCUT2D eigenvalue weighted by Gasteiger charge is 2.15. The molecule has 0 aliphatic rings. The van der Waals surface area contributed by atoms with Crippen LogP contribution < -0.4 is 0 Å². The van der Waals surface area contributed by atoms with E-state index in [0.29, 0.717) is 10.9 Å². The third-order valence-corrected chi connectivity index (χ3v) is 4.82. The minimum absolute atomic E-state index is 0.277. The van der Waals surface area contributed by atoms with Gasteiger partial charge >= 0.3 is 0 Å². The van der Waals surface area contributed by atoms with E-state index in [-0.39, 0.29) is 11.2 Å². The molecule has 0 radical (unpaired) electrons. The normalized spacial score (nSPS) is 12.5. The van der Waals surface area contributed by atoms with Crippen LogP contribution in [0.2, 0.25) is 0 Å². The van der Waals surface area contributed by atoms with Gasteiger partial charge in [-0.15, -0.1) is 11.6 Å². The molecule has 3 aromatic rings. The summed E-state index contributed by atoms with van der Waals surface area (Å²) in [5.74, 6) is -0.281. The SMILES string of the molecule is Fc1cccc(C(Cl)Cc2cccc3ccccc23)c1Br. The van der Waals surface area contributed by atoms with Crippen LogP contribution in [0.4, 0.5) is 4.39 Å². The lowest BCUT2D eigenvalue weighted by Gasteiger charge is -2.14. The molecular formula is C18H13BrClF. The molecular weight excluding hydrogens is 351 g/mol. The monoisotopic (exact) mass is 362 g/mol. The fourth-order valence-electron chi connectivity index (χ4n) is 2.54. The van der Waals surface area contributed by atoms with Crippen LogP contribution in [0.3, 0.4) is 0 Å². The van der Waals surface area contributed by atoms with Gasteiger partial charge in [0, 0.05) is 0 Å². The molecule has 0 saturated carbocycles. The first kappa shape index (κ1) is 14.6. The molecule has 3 rings (SSSR count). The Morgan fingerprint density at radius 3 is 2.52 bits per heavy atom. The molecule has 0 aromatic heterocycles. The molecule has 1 unspecified atom stereocenters. The largest absolute Gasteiger partial charge is 0.206 e. The van der Waals surface area contributed by atoms with Crippen LogP contribution in [-0.2, 0) is 6.42 Å². The highest BCUT2D eigenvalue weighted by Crippen LogP contribution is 2.34. The van der Waals surface area contributed by atoms with Crippen LogP contribution in [0, 0.1) is 5.82 Å². The lowest BCUT2D eigenvalue weighted by Crippen LogP contribution is -1.99. The maximum atomic E-state index is 13.6. The minimum atomic E-state index is -0.281. The van der Waals surface area contributed by atoms with E-state index >= 15 is 0 Å². The summed E-state index contributed by atoms with van der Waals surface area (Å²) in [7, 11) is 0. The Bertz CT molecular complexity index is 780. The van der Waals surface area contributed by atoms with Crippen LogP contribution in [0.25, 0.3) is 10.8 Å². The van der Waals surface area contributed by atoms with Crippen molar-refractivity contribution in [3.63, 3.8) is 0 Å². The molecule has 0 bridgehead atoms. The second-order valence-electron chi connectivity index (χ2n) is 4.95. The minimum Gasteiger partial charge on any atom is -0.206 e. The van der Waals surface area contributed by atoms with Crippen molar-refractivity contribution in [2.24, 2.45) is 0 Å². The Morgan fingerprint density at radius 2 is 1.67 bits per heavy atom. The Labute approximate surface area is 136 Å². The van der Waals surface area contributed by atoms with E-state index in [1.165, 1.54) is 22.4 Å². The summed E-state index contributed by atoms with van der Waals surface area (Å²) >= 11 is 9.81. The molecule has 3 heteroatoms. The van der Waals surface area contributed by atoms with Crippen LogP contribution in [0.1, 0.15) is 16.5 Å². The van der Waals surface area contributed by atoms with Crippen molar-refractivity contribution in [3.8, 4) is 0 Å². The molecule has 0 aliphatic carbocycles. The van der Waals surface area contributed by atoms with Crippen molar-refractivity contribution in [1.82, 2.24) is 0 Å². The molecule has 0 spiro atoms. The molecule has 21 heavy (non-hydrogen) atoms. The van der Waals surface area contributed by atoms with E-state index in [1.54, 1.807) is 6.07 Å². The molecule has 1 atom stereocenters. The lowest BCUT2D eigenvalue weighted by molar-refractivity contribution is 0.617. The van der Waals surface area contributed by atoms with E-state index in [0.717, 1.165) is 5.56 Å². The molecule has 3 aromatic carbocycles. The van der Waals surface area contributed by atoms with Gasteiger partial charge in [-0.1, -0.05) is 54.6 Å². The quantitative estimate of drug-likeness (QED) is 0.481. The number of halogens is 3. The second kappa shape index (κ2) is 6.17. The van der Waals surface area contributed by atoms with Crippen molar-refractivity contribution in [2.45, 2.75) is 11.8 Å². The average Bonchev–Trinajstić information content (AvgIpc) is 2.50. The summed E-state index contributed by atoms with van der Waals surface area (Å²) in [6, 6.07) is 19.4. The predicted octanol–water partition coefficient (Wildman–Crippen LogP) is 6.26. The standard InChI is InChI=1S/C18H13BrClF/c19-18-15(9-4-10-17(18)21)16(20)11-13-7-3-6-12-5-1-2-8-14(12)13/h1-10,16H,11H2. The smallest absolute Gasteiger partial charge is 0.137 e. The number of hydrogen-bond acceptors (Lipinski definition) is 0. The third kappa shape index (κ3) is 2.97. The Kier molecular flexibility index (Phi) is 4.27. The van der Waals surface area contributed by atoms with Gasteiger partial charge < -0.3 is 0 Å². The summed E-state index contributed by atoms with van der Waals surface area (Å²) < 4.78 is 14.1. The zero-order valence-electron chi connectivity index (χ0n) is 11.2. The molecule has 0 N–H and O–H groups in total. The highest BCUT2D eigenvalue weighted by molar-refractivity contribution is 9.10. The highest BCUT2D eigenvalue weighted by atomic mass is 79.9. The first-order chi connectivity index (χ1) is 10.2. The van der Waals surface area contributed by atoms with Crippen molar-refractivity contribution in [2.75, 3.05) is 0 Å². The van der Waals surface area contributed by atoms with Crippen LogP contribution in [0.5, 0.6) is 0 Å². The summed E-state index contributed by atoms with van der Waals surface area (Å²) in [6.45, 7) is 0. The molecule has 0 fully saturated rings. The first-order valence-corrected chi connectivity index (χ1v) is 7.94. The number of benzene rings is 3. The molecule has 0 amide bonds. The van der Waals surface area contributed by atoms with Crippen LogP contribution in [-0.4, -0.2) is 0 Å². The van der Waals surface area contributed by atoms with E-state index in [9.17, 15) is 4.39 Å². The van der Waals surface area contributed by atoms with Crippen molar-refractivity contribution < 1.29 is 4.39 Å². The Balaban J connectivity index is 1.97. The topological polar surface area (TPSA) is 0 Å². The van der Waals surface area contributed by atoms with Gasteiger partial charge in [-0.25, -0.2) is 4.39 Å². The van der Waals surface area contributed by atoms with E-state index in [4.69, 9.17) is 11.6 Å². The summed E-state index contributed by atoms with van der Waals surface area (Å²) in [5.41, 5.74) is 1.95. The van der Waals surface area contributed by atoms with Gasteiger partial charge in [-0.05, 0) is 50.3 Å². The first-order valence-electron chi connectivity index (χ1n) is 6.71. The molecule has 106 valence electrons. The fourth-order valence-corrected chi connectivity index (χ4v) is 3.56. The van der Waals surface area contributed by atoms with Crippen molar-refractivity contribution in [1.29, 1.82) is 0 Å². The van der Waals surface area contributed by atoms with Gasteiger partial charge in [-0.2, -0.15) is 0 Å². The lowest BCUT2D eigenvalue weighted by atomic mass is 9.98. The van der Waals surface area contributed by atoms with E-state index in [1.807, 2.05) is 24.3 Å². The fraction of sp³-hybridized carbons (Fsp3) is 0.111. The van der Waals surface area contributed by atoms with Gasteiger partial charge in [-0.3, -0.25) is 0 Å². The molecule has 0 aliphatic heterocycles. The number of fused-ring (bicyclic) bond motifs is 1. The zero-order valence-corrected chi connectivity index (χ0v) is 13.5. The Morgan fingerprint density at radius 1 is 0.952 bits per heavy atom. The van der Waals surface area contributed by atoms with Gasteiger partial charge in [0.25, 0.3) is 0 Å². The summed E-state index contributed by atoms with van der Waals surface area (Å²) in [5, 5.41) is 2.11. The zero-order chi connectivity index (χ0) is 14.8. The Hall–Kier alpha value is -1.38. The van der Waals surface area contributed by atoms with Gasteiger partial charge in [0.05, 0.1) is 9.85 Å². The maximum absolute atomic E-state index is 13.6. The van der Waals surface area contributed by atoms with Crippen LogP contribution >= 0.6 is 27.5 Å².